The van der Waals surface area contributed by atoms with Gasteiger partial charge in [0.1, 0.15) is 11.6 Å². The Kier molecular flexibility index (Phi) is 5.97. The number of nitriles is 1. The number of nitrogens with one attached hydrogen (secondary N) is 1. The zero-order valence-electron chi connectivity index (χ0n) is 17.1. The van der Waals surface area contributed by atoms with Crippen LogP contribution in [0.25, 0.3) is 17.0 Å². The monoisotopic (exact) mass is 399 g/mol. The molecule has 0 radical (unpaired) electrons. The Hall–Kier alpha value is -3.36. The largest absolute Gasteiger partial charge is 0.376 e. The smallest absolute Gasteiger partial charge is 0.262 e. The maximum atomic E-state index is 12.5. The van der Waals surface area contributed by atoms with Gasteiger partial charge in [-0.1, -0.05) is 48.0 Å². The maximum Gasteiger partial charge on any atom is 0.262 e. The molecule has 1 amide bonds. The van der Waals surface area contributed by atoms with E-state index >= 15 is 0 Å². The quantitative estimate of drug-likeness (QED) is 0.499. The number of fused-ring (bicyclic) bond motifs is 1. The summed E-state index contributed by atoms with van der Waals surface area (Å²) in [4.78, 5) is 12.5. The van der Waals surface area contributed by atoms with Gasteiger partial charge in [0.15, 0.2) is 0 Å². The van der Waals surface area contributed by atoms with Crippen molar-refractivity contribution in [3.8, 4) is 6.07 Å². The highest BCUT2D eigenvalue weighted by Crippen LogP contribution is 2.25. The van der Waals surface area contributed by atoms with E-state index in [1.807, 2.05) is 24.4 Å². The van der Waals surface area contributed by atoms with E-state index in [0.29, 0.717) is 6.54 Å². The summed E-state index contributed by atoms with van der Waals surface area (Å²) in [6, 6.07) is 18.6. The number of benzene rings is 2. The normalized spacial score (nSPS) is 16.5. The summed E-state index contributed by atoms with van der Waals surface area (Å²) < 4.78 is 7.70. The van der Waals surface area contributed by atoms with Gasteiger partial charge in [-0.2, -0.15) is 5.26 Å². The minimum Gasteiger partial charge on any atom is -0.376 e. The highest BCUT2D eigenvalue weighted by molar-refractivity contribution is 6.04. The van der Waals surface area contributed by atoms with Crippen molar-refractivity contribution in [2.24, 2.45) is 0 Å². The number of aromatic nitrogens is 1. The average Bonchev–Trinajstić information content (AvgIpc) is 3.40. The van der Waals surface area contributed by atoms with E-state index in [1.54, 1.807) is 6.08 Å². The molecule has 0 bridgehead atoms. The van der Waals surface area contributed by atoms with Crippen molar-refractivity contribution in [2.45, 2.75) is 32.4 Å². The molecular formula is C25H25N3O2. The molecule has 0 unspecified atom stereocenters. The number of aryl methyl sites for hydroxylation is 1. The predicted octanol–water partition coefficient (Wildman–Crippen LogP) is 4.20. The van der Waals surface area contributed by atoms with Gasteiger partial charge < -0.3 is 14.6 Å². The van der Waals surface area contributed by atoms with Crippen LogP contribution in [-0.4, -0.2) is 29.7 Å². The number of carbonyl (C=O) groups excluding carboxylic acids is 1. The second-order valence-electron chi connectivity index (χ2n) is 7.73. The third kappa shape index (κ3) is 4.45. The zero-order valence-corrected chi connectivity index (χ0v) is 17.1. The first kappa shape index (κ1) is 19.9. The molecule has 2 heterocycles. The first-order valence-corrected chi connectivity index (χ1v) is 10.3. The van der Waals surface area contributed by atoms with Crippen molar-refractivity contribution in [2.75, 3.05) is 13.2 Å². The second kappa shape index (κ2) is 8.98. The molecule has 1 aliphatic rings. The SMILES string of the molecule is Cc1ccc(Cn2cc(/C=C(\C#N)C(=O)NC[C@@H]3CCCO3)c3ccccc32)cc1. The third-order valence-corrected chi connectivity index (χ3v) is 5.47. The molecule has 1 aliphatic heterocycles. The number of nitrogens with zero attached hydrogens (tertiary/aromatic N) is 2. The maximum absolute atomic E-state index is 12.5. The molecule has 1 saturated heterocycles. The van der Waals surface area contributed by atoms with Gasteiger partial charge in [-0.3, -0.25) is 4.79 Å². The first-order valence-electron chi connectivity index (χ1n) is 10.3. The van der Waals surface area contributed by atoms with Crippen LogP contribution in [0.15, 0.2) is 60.3 Å². The zero-order chi connectivity index (χ0) is 20.9. The van der Waals surface area contributed by atoms with Crippen LogP contribution < -0.4 is 5.32 Å². The third-order valence-electron chi connectivity index (χ3n) is 5.47. The highest BCUT2D eigenvalue weighted by Gasteiger charge is 2.18. The van der Waals surface area contributed by atoms with Crippen molar-refractivity contribution < 1.29 is 9.53 Å². The molecule has 30 heavy (non-hydrogen) atoms. The number of amides is 1. The predicted molar refractivity (Wildman–Crippen MR) is 118 cm³/mol. The van der Waals surface area contributed by atoms with E-state index in [9.17, 15) is 10.1 Å². The number of carbonyl (C=O) groups is 1. The number of rotatable bonds is 6. The van der Waals surface area contributed by atoms with Gasteiger partial charge in [-0.05, 0) is 37.5 Å². The van der Waals surface area contributed by atoms with Gasteiger partial charge in [-0.25, -0.2) is 0 Å². The van der Waals surface area contributed by atoms with Crippen molar-refractivity contribution in [3.05, 3.63) is 77.0 Å². The lowest BCUT2D eigenvalue weighted by Gasteiger charge is -2.10. The first-order chi connectivity index (χ1) is 14.6. The molecule has 4 rings (SSSR count). The molecule has 1 N–H and O–H groups in total. The van der Waals surface area contributed by atoms with Crippen LogP contribution in [0.3, 0.4) is 0 Å². The van der Waals surface area contributed by atoms with Gasteiger partial charge in [0.2, 0.25) is 0 Å². The van der Waals surface area contributed by atoms with Crippen LogP contribution in [0, 0.1) is 18.3 Å². The number of ether oxygens (including phenoxy) is 1. The molecule has 0 spiro atoms. The number of para-hydroxylation sites is 1. The summed E-state index contributed by atoms with van der Waals surface area (Å²) in [5.74, 6) is -0.358. The van der Waals surface area contributed by atoms with Gasteiger partial charge in [-0.15, -0.1) is 0 Å². The van der Waals surface area contributed by atoms with E-state index < -0.39 is 0 Å². The van der Waals surface area contributed by atoms with E-state index in [-0.39, 0.29) is 17.6 Å². The topological polar surface area (TPSA) is 67.0 Å². The molecule has 1 aromatic heterocycles. The summed E-state index contributed by atoms with van der Waals surface area (Å²) >= 11 is 0. The van der Waals surface area contributed by atoms with Crippen LogP contribution in [0.4, 0.5) is 0 Å². The van der Waals surface area contributed by atoms with Gasteiger partial charge in [0.25, 0.3) is 5.91 Å². The fourth-order valence-corrected chi connectivity index (χ4v) is 3.82. The van der Waals surface area contributed by atoms with Crippen LogP contribution in [0.2, 0.25) is 0 Å². The Balaban J connectivity index is 1.60. The van der Waals surface area contributed by atoms with Gasteiger partial charge in [0, 0.05) is 42.4 Å². The summed E-state index contributed by atoms with van der Waals surface area (Å²) in [6.07, 6.45) is 5.69. The molecular weight excluding hydrogens is 374 g/mol. The molecule has 3 aromatic rings. The van der Waals surface area contributed by atoms with E-state index in [1.165, 1.54) is 11.1 Å². The molecule has 2 aromatic carbocycles. The van der Waals surface area contributed by atoms with Gasteiger partial charge in [0.05, 0.1) is 6.10 Å². The molecule has 0 saturated carbocycles. The lowest BCUT2D eigenvalue weighted by molar-refractivity contribution is -0.117. The molecule has 1 atom stereocenters. The van der Waals surface area contributed by atoms with Crippen LogP contribution in [0.1, 0.15) is 29.5 Å². The van der Waals surface area contributed by atoms with Crippen LogP contribution >= 0.6 is 0 Å². The average molecular weight is 399 g/mol. The molecule has 0 aliphatic carbocycles. The lowest BCUT2D eigenvalue weighted by Crippen LogP contribution is -2.32. The Bertz CT molecular complexity index is 1110. The summed E-state index contributed by atoms with van der Waals surface area (Å²) in [6.45, 7) is 3.97. The van der Waals surface area contributed by atoms with E-state index in [4.69, 9.17) is 4.74 Å². The Morgan fingerprint density at radius 3 is 2.80 bits per heavy atom. The minimum atomic E-state index is -0.358. The van der Waals surface area contributed by atoms with Crippen molar-refractivity contribution >= 4 is 22.9 Å². The molecule has 5 nitrogen and oxygen atoms in total. The summed E-state index contributed by atoms with van der Waals surface area (Å²) in [5, 5.41) is 13.4. The molecule has 1 fully saturated rings. The Morgan fingerprint density at radius 1 is 1.27 bits per heavy atom. The fourth-order valence-electron chi connectivity index (χ4n) is 3.82. The number of hydrogen-bond acceptors (Lipinski definition) is 3. The fraction of sp³-hybridized carbons (Fsp3) is 0.280. The van der Waals surface area contributed by atoms with Crippen molar-refractivity contribution in [1.29, 1.82) is 5.26 Å². The standard InChI is InChI=1S/C25H25N3O2/c1-18-8-10-19(11-9-18)16-28-17-21(23-6-2-3-7-24(23)28)13-20(14-26)25(29)27-15-22-5-4-12-30-22/h2-3,6-11,13,17,22H,4-5,12,15-16H2,1H3,(H,27,29)/b20-13+/t22-/m0/s1. The molecule has 152 valence electrons. The Labute approximate surface area is 176 Å². The van der Waals surface area contributed by atoms with E-state index in [2.05, 4.69) is 53.2 Å². The highest BCUT2D eigenvalue weighted by atomic mass is 16.5. The number of hydrogen-bond donors (Lipinski definition) is 1. The van der Waals surface area contributed by atoms with Crippen LogP contribution in [-0.2, 0) is 16.1 Å². The van der Waals surface area contributed by atoms with Crippen molar-refractivity contribution in [1.82, 2.24) is 9.88 Å². The van der Waals surface area contributed by atoms with Crippen LogP contribution in [0.5, 0.6) is 0 Å². The van der Waals surface area contributed by atoms with Crippen molar-refractivity contribution in [3.63, 3.8) is 0 Å². The summed E-state index contributed by atoms with van der Waals surface area (Å²) in [7, 11) is 0. The van der Waals surface area contributed by atoms with Gasteiger partial charge >= 0.3 is 0 Å². The second-order valence-corrected chi connectivity index (χ2v) is 7.73. The minimum absolute atomic E-state index is 0.0466. The lowest BCUT2D eigenvalue weighted by atomic mass is 10.1. The molecule has 5 heteroatoms. The summed E-state index contributed by atoms with van der Waals surface area (Å²) in [5.41, 5.74) is 4.47. The Morgan fingerprint density at radius 2 is 2.07 bits per heavy atom. The van der Waals surface area contributed by atoms with E-state index in [0.717, 1.165) is 42.5 Å².